The van der Waals surface area contributed by atoms with Gasteiger partial charge in [-0.15, -0.1) is 12.3 Å². The third-order valence-corrected chi connectivity index (χ3v) is 2.87. The fourth-order valence-corrected chi connectivity index (χ4v) is 2.09. The molecule has 2 unspecified atom stereocenters. The average Bonchev–Trinajstić information content (AvgIpc) is 2.12. The van der Waals surface area contributed by atoms with Crippen LogP contribution in [0.15, 0.2) is 0 Å². The lowest BCUT2D eigenvalue weighted by atomic mass is 9.76. The van der Waals surface area contributed by atoms with Crippen LogP contribution in [-0.4, -0.2) is 12.0 Å². The molecule has 0 aromatic carbocycles. The molecule has 0 aromatic heterocycles. The minimum atomic E-state index is -4.19. The van der Waals surface area contributed by atoms with Crippen LogP contribution in [-0.2, 0) is 4.79 Å². The van der Waals surface area contributed by atoms with E-state index in [-0.39, 0.29) is 25.0 Å². The van der Waals surface area contributed by atoms with Gasteiger partial charge < -0.3 is 0 Å². The van der Waals surface area contributed by atoms with E-state index >= 15 is 0 Å². The number of halogens is 3. The van der Waals surface area contributed by atoms with Gasteiger partial charge in [0.05, 0.1) is 5.92 Å². The van der Waals surface area contributed by atoms with E-state index in [4.69, 9.17) is 6.42 Å². The van der Waals surface area contributed by atoms with Gasteiger partial charge in [0.2, 0.25) is 0 Å². The number of hydrogen-bond donors (Lipinski definition) is 0. The Morgan fingerprint density at radius 1 is 1.47 bits per heavy atom. The zero-order valence-electron chi connectivity index (χ0n) is 8.31. The molecule has 0 aromatic rings. The second-order valence-electron chi connectivity index (χ2n) is 3.93. The van der Waals surface area contributed by atoms with Gasteiger partial charge in [-0.3, -0.25) is 4.79 Å². The Morgan fingerprint density at radius 3 is 2.67 bits per heavy atom. The van der Waals surface area contributed by atoms with E-state index < -0.39 is 18.0 Å². The normalized spacial score (nSPS) is 27.5. The predicted molar refractivity (Wildman–Crippen MR) is 50.0 cm³/mol. The molecule has 0 bridgehead atoms. The predicted octanol–water partition coefficient (Wildman–Crippen LogP) is 2.95. The average molecular weight is 218 g/mol. The third kappa shape index (κ3) is 3.26. The Balaban J connectivity index is 2.67. The van der Waals surface area contributed by atoms with Gasteiger partial charge in [0.25, 0.3) is 0 Å². The molecule has 1 fully saturated rings. The Bertz CT molecular complexity index is 275. The molecule has 15 heavy (non-hydrogen) atoms. The molecular formula is C11H13F3O. The van der Waals surface area contributed by atoms with Crippen LogP contribution >= 0.6 is 0 Å². The molecule has 1 aliphatic carbocycles. The molecule has 2 atom stereocenters. The summed E-state index contributed by atoms with van der Waals surface area (Å²) < 4.78 is 37.7. The van der Waals surface area contributed by atoms with Crippen molar-refractivity contribution in [2.45, 2.75) is 38.3 Å². The minimum Gasteiger partial charge on any atom is -0.300 e. The fraction of sp³-hybridized carbons (Fsp3) is 0.727. The van der Waals surface area contributed by atoms with Crippen molar-refractivity contribution < 1.29 is 18.0 Å². The number of alkyl halides is 3. The number of rotatable bonds is 2. The van der Waals surface area contributed by atoms with E-state index in [1.807, 2.05) is 0 Å². The third-order valence-electron chi connectivity index (χ3n) is 2.87. The van der Waals surface area contributed by atoms with Crippen molar-refractivity contribution in [1.29, 1.82) is 0 Å². The van der Waals surface area contributed by atoms with Gasteiger partial charge in [-0.25, -0.2) is 0 Å². The van der Waals surface area contributed by atoms with E-state index in [9.17, 15) is 18.0 Å². The van der Waals surface area contributed by atoms with E-state index in [2.05, 4.69) is 5.92 Å². The highest BCUT2D eigenvalue weighted by molar-refractivity contribution is 5.79. The zero-order valence-corrected chi connectivity index (χ0v) is 8.31. The smallest absolute Gasteiger partial charge is 0.300 e. The lowest BCUT2D eigenvalue weighted by Gasteiger charge is -2.31. The first-order valence-corrected chi connectivity index (χ1v) is 4.97. The highest BCUT2D eigenvalue weighted by atomic mass is 19.4. The summed E-state index contributed by atoms with van der Waals surface area (Å²) in [6.45, 7) is 0. The second-order valence-corrected chi connectivity index (χ2v) is 3.93. The first-order chi connectivity index (χ1) is 6.95. The highest BCUT2D eigenvalue weighted by Crippen LogP contribution is 2.42. The molecule has 0 radical (unpaired) electrons. The summed E-state index contributed by atoms with van der Waals surface area (Å²) in [5, 5.41) is 0. The van der Waals surface area contributed by atoms with Gasteiger partial charge in [-0.2, -0.15) is 13.2 Å². The van der Waals surface area contributed by atoms with Crippen LogP contribution in [0.25, 0.3) is 0 Å². The van der Waals surface area contributed by atoms with Crippen LogP contribution in [0.3, 0.4) is 0 Å². The Kier molecular flexibility index (Phi) is 3.78. The first-order valence-electron chi connectivity index (χ1n) is 4.97. The monoisotopic (exact) mass is 218 g/mol. The summed E-state index contributed by atoms with van der Waals surface area (Å²) in [4.78, 5) is 11.1. The van der Waals surface area contributed by atoms with Crippen LogP contribution < -0.4 is 0 Å². The fourth-order valence-electron chi connectivity index (χ4n) is 2.09. The molecule has 1 nitrogen and oxygen atoms in total. The van der Waals surface area contributed by atoms with Crippen LogP contribution in [0.4, 0.5) is 13.2 Å². The van der Waals surface area contributed by atoms with E-state index in [1.165, 1.54) is 0 Å². The summed E-state index contributed by atoms with van der Waals surface area (Å²) in [5.74, 6) is 0.299. The highest BCUT2D eigenvalue weighted by Gasteiger charge is 2.46. The Morgan fingerprint density at radius 2 is 2.13 bits per heavy atom. The Hall–Kier alpha value is -0.980. The van der Waals surface area contributed by atoms with E-state index in [1.54, 1.807) is 0 Å². The van der Waals surface area contributed by atoms with Gasteiger partial charge in [0.1, 0.15) is 5.78 Å². The number of Topliss-reactive ketones (excluding diaryl/α,β-unsaturated/α-hetero) is 1. The molecule has 0 aliphatic heterocycles. The summed E-state index contributed by atoms with van der Waals surface area (Å²) in [5.41, 5.74) is 0. The number of ketones is 1. The van der Waals surface area contributed by atoms with Gasteiger partial charge in [-0.05, 0) is 18.8 Å². The molecule has 0 heterocycles. The molecule has 0 amide bonds. The van der Waals surface area contributed by atoms with Gasteiger partial charge >= 0.3 is 6.18 Å². The summed E-state index contributed by atoms with van der Waals surface area (Å²) >= 11 is 0. The number of hydrogen-bond acceptors (Lipinski definition) is 1. The molecule has 1 aliphatic rings. The molecule has 0 saturated heterocycles. The van der Waals surface area contributed by atoms with Crippen molar-refractivity contribution in [2.75, 3.05) is 0 Å². The molecular weight excluding hydrogens is 205 g/mol. The Labute approximate surface area is 87.0 Å². The standard InChI is InChI=1S/C11H13F3O/c1-2-3-4-8-7-9(15)5-6-10(8)11(12,13)14/h1,8,10H,3-7H2. The summed E-state index contributed by atoms with van der Waals surface area (Å²) in [7, 11) is 0. The second kappa shape index (κ2) is 4.69. The van der Waals surface area contributed by atoms with Crippen molar-refractivity contribution >= 4 is 5.78 Å². The van der Waals surface area contributed by atoms with Gasteiger partial charge in [0.15, 0.2) is 0 Å². The largest absolute Gasteiger partial charge is 0.392 e. The minimum absolute atomic E-state index is 0.0336. The molecule has 1 saturated carbocycles. The first kappa shape index (κ1) is 12.1. The van der Waals surface area contributed by atoms with Crippen molar-refractivity contribution in [1.82, 2.24) is 0 Å². The van der Waals surface area contributed by atoms with Crippen LogP contribution in [0.2, 0.25) is 0 Å². The van der Waals surface area contributed by atoms with Crippen molar-refractivity contribution in [2.24, 2.45) is 11.8 Å². The molecule has 4 heteroatoms. The lowest BCUT2D eigenvalue weighted by Crippen LogP contribution is -2.35. The van der Waals surface area contributed by atoms with Crippen molar-refractivity contribution in [3.63, 3.8) is 0 Å². The maximum Gasteiger partial charge on any atom is 0.392 e. The van der Waals surface area contributed by atoms with Gasteiger partial charge in [-0.1, -0.05) is 0 Å². The summed E-state index contributed by atoms with van der Waals surface area (Å²) in [6.07, 6.45) is 1.45. The van der Waals surface area contributed by atoms with Crippen LogP contribution in [0, 0.1) is 24.2 Å². The maximum atomic E-state index is 12.6. The van der Waals surface area contributed by atoms with Crippen molar-refractivity contribution in [3.8, 4) is 12.3 Å². The van der Waals surface area contributed by atoms with Crippen LogP contribution in [0.1, 0.15) is 32.1 Å². The molecule has 0 spiro atoms. The zero-order chi connectivity index (χ0) is 11.5. The molecule has 0 N–H and O–H groups in total. The van der Waals surface area contributed by atoms with E-state index in [0.717, 1.165) is 0 Å². The number of terminal acetylenes is 1. The van der Waals surface area contributed by atoms with Crippen LogP contribution in [0.5, 0.6) is 0 Å². The van der Waals surface area contributed by atoms with Crippen molar-refractivity contribution in [3.05, 3.63) is 0 Å². The quantitative estimate of drug-likeness (QED) is 0.651. The molecule has 84 valence electrons. The topological polar surface area (TPSA) is 17.1 Å². The summed E-state index contributed by atoms with van der Waals surface area (Å²) in [6, 6.07) is 0. The number of carbonyl (C=O) groups excluding carboxylic acids is 1. The number of carbonyl (C=O) groups is 1. The maximum absolute atomic E-state index is 12.6. The lowest BCUT2D eigenvalue weighted by molar-refractivity contribution is -0.196. The van der Waals surface area contributed by atoms with Gasteiger partial charge in [0, 0.05) is 19.3 Å². The molecule has 1 rings (SSSR count). The SMILES string of the molecule is C#CCCC1CC(=O)CCC1C(F)(F)F. The van der Waals surface area contributed by atoms with E-state index in [0.29, 0.717) is 12.8 Å².